The van der Waals surface area contributed by atoms with E-state index in [1.165, 1.54) is 7.11 Å². The Morgan fingerprint density at radius 3 is 2.58 bits per heavy atom. The molecule has 19 heavy (non-hydrogen) atoms. The Balaban J connectivity index is 2.43. The summed E-state index contributed by atoms with van der Waals surface area (Å²) in [5, 5.41) is 20.9. The summed E-state index contributed by atoms with van der Waals surface area (Å²) in [7, 11) is 1.53. The Morgan fingerprint density at radius 1 is 1.11 bits per heavy atom. The molecule has 0 radical (unpaired) electrons. The molecule has 0 bridgehead atoms. The Hall–Kier alpha value is -3.05. The topological polar surface area (TPSA) is 81.7 Å². The standard InChI is InChI=1S/C14H10N4O/c1-19-12-6-2-4-10(8-15)14(12)18-13-7-3-5-11(9-16)17-13/h2-7H,1H3,(H,17,18). The Labute approximate surface area is 110 Å². The summed E-state index contributed by atoms with van der Waals surface area (Å²) in [5.41, 5.74) is 1.29. The zero-order chi connectivity index (χ0) is 13.7. The first kappa shape index (κ1) is 12.4. The minimum atomic E-state index is 0.304. The van der Waals surface area contributed by atoms with Crippen molar-refractivity contribution >= 4 is 11.5 Å². The monoisotopic (exact) mass is 250 g/mol. The lowest BCUT2D eigenvalue weighted by Crippen LogP contribution is -2.00. The van der Waals surface area contributed by atoms with Crippen LogP contribution >= 0.6 is 0 Å². The number of nitriles is 2. The molecular weight excluding hydrogens is 240 g/mol. The molecular formula is C14H10N4O. The predicted octanol–water partition coefficient (Wildman–Crippen LogP) is 2.58. The van der Waals surface area contributed by atoms with E-state index in [-0.39, 0.29) is 0 Å². The minimum Gasteiger partial charge on any atom is -0.495 e. The number of nitrogens with zero attached hydrogens (tertiary/aromatic N) is 3. The van der Waals surface area contributed by atoms with E-state index in [1.54, 1.807) is 36.4 Å². The van der Waals surface area contributed by atoms with Crippen molar-refractivity contribution in [3.05, 3.63) is 47.7 Å². The molecule has 1 aromatic carbocycles. The first-order valence-corrected chi connectivity index (χ1v) is 5.49. The normalized spacial score (nSPS) is 9.21. The predicted molar refractivity (Wildman–Crippen MR) is 69.9 cm³/mol. The van der Waals surface area contributed by atoms with Crippen LogP contribution in [0.5, 0.6) is 5.75 Å². The first-order chi connectivity index (χ1) is 9.28. The highest BCUT2D eigenvalue weighted by Crippen LogP contribution is 2.30. The van der Waals surface area contributed by atoms with E-state index in [0.29, 0.717) is 28.5 Å². The van der Waals surface area contributed by atoms with Gasteiger partial charge in [0.05, 0.1) is 12.7 Å². The van der Waals surface area contributed by atoms with Crippen molar-refractivity contribution < 1.29 is 4.74 Å². The van der Waals surface area contributed by atoms with Crippen molar-refractivity contribution in [2.24, 2.45) is 0 Å². The number of hydrogen-bond acceptors (Lipinski definition) is 5. The molecule has 2 aromatic rings. The van der Waals surface area contributed by atoms with Gasteiger partial charge in [-0.3, -0.25) is 0 Å². The third-order valence-corrected chi connectivity index (χ3v) is 2.48. The van der Waals surface area contributed by atoms with Gasteiger partial charge in [-0.25, -0.2) is 4.98 Å². The van der Waals surface area contributed by atoms with E-state index in [0.717, 1.165) is 0 Å². The van der Waals surface area contributed by atoms with Crippen LogP contribution in [0, 0.1) is 22.7 Å². The number of rotatable bonds is 3. The van der Waals surface area contributed by atoms with Gasteiger partial charge in [-0.05, 0) is 24.3 Å². The number of benzene rings is 1. The second-order valence-electron chi connectivity index (χ2n) is 3.64. The summed E-state index contributed by atoms with van der Waals surface area (Å²) in [5.74, 6) is 1.03. The van der Waals surface area contributed by atoms with E-state index in [4.69, 9.17) is 15.3 Å². The van der Waals surface area contributed by atoms with Gasteiger partial charge in [-0.15, -0.1) is 0 Å². The Morgan fingerprint density at radius 2 is 1.89 bits per heavy atom. The van der Waals surface area contributed by atoms with Gasteiger partial charge in [-0.2, -0.15) is 10.5 Å². The lowest BCUT2D eigenvalue weighted by Gasteiger charge is -2.11. The van der Waals surface area contributed by atoms with Crippen molar-refractivity contribution in [3.8, 4) is 17.9 Å². The summed E-state index contributed by atoms with van der Waals surface area (Å²) in [6.45, 7) is 0. The van der Waals surface area contributed by atoms with E-state index >= 15 is 0 Å². The molecule has 0 amide bonds. The van der Waals surface area contributed by atoms with Crippen molar-refractivity contribution in [3.63, 3.8) is 0 Å². The van der Waals surface area contributed by atoms with Crippen LogP contribution in [0.2, 0.25) is 0 Å². The highest BCUT2D eigenvalue weighted by molar-refractivity contribution is 5.71. The highest BCUT2D eigenvalue weighted by Gasteiger charge is 2.09. The van der Waals surface area contributed by atoms with Gasteiger partial charge < -0.3 is 10.1 Å². The maximum Gasteiger partial charge on any atom is 0.143 e. The number of methoxy groups -OCH3 is 1. The van der Waals surface area contributed by atoms with Crippen LogP contribution in [0.3, 0.4) is 0 Å². The number of hydrogen-bond donors (Lipinski definition) is 1. The fourth-order valence-corrected chi connectivity index (χ4v) is 1.62. The number of ether oxygens (including phenoxy) is 1. The zero-order valence-electron chi connectivity index (χ0n) is 10.2. The van der Waals surface area contributed by atoms with E-state index in [9.17, 15) is 0 Å². The van der Waals surface area contributed by atoms with Crippen molar-refractivity contribution in [2.45, 2.75) is 0 Å². The lowest BCUT2D eigenvalue weighted by atomic mass is 10.1. The number of aromatic nitrogens is 1. The third-order valence-electron chi connectivity index (χ3n) is 2.48. The molecule has 92 valence electrons. The summed E-state index contributed by atoms with van der Waals surface area (Å²) in [6, 6.07) is 14.3. The molecule has 0 unspecified atom stereocenters. The molecule has 0 spiro atoms. The van der Waals surface area contributed by atoms with Crippen LogP contribution in [0.25, 0.3) is 0 Å². The average molecular weight is 250 g/mol. The summed E-state index contributed by atoms with van der Waals surface area (Å²) >= 11 is 0. The number of nitrogens with one attached hydrogen (secondary N) is 1. The summed E-state index contributed by atoms with van der Waals surface area (Å²) in [6.07, 6.45) is 0. The van der Waals surface area contributed by atoms with Crippen LogP contribution in [0.4, 0.5) is 11.5 Å². The largest absolute Gasteiger partial charge is 0.495 e. The fourth-order valence-electron chi connectivity index (χ4n) is 1.62. The molecule has 5 heteroatoms. The van der Waals surface area contributed by atoms with Gasteiger partial charge in [0.25, 0.3) is 0 Å². The molecule has 0 atom stereocenters. The highest BCUT2D eigenvalue weighted by atomic mass is 16.5. The van der Waals surface area contributed by atoms with Gasteiger partial charge in [0.15, 0.2) is 0 Å². The SMILES string of the molecule is COc1cccc(C#N)c1Nc1cccc(C#N)n1. The summed E-state index contributed by atoms with van der Waals surface area (Å²) < 4.78 is 5.21. The molecule has 0 saturated heterocycles. The number of para-hydroxylation sites is 1. The maximum absolute atomic E-state index is 9.10. The van der Waals surface area contributed by atoms with Crippen molar-refractivity contribution in [2.75, 3.05) is 12.4 Å². The number of anilines is 2. The first-order valence-electron chi connectivity index (χ1n) is 5.49. The smallest absolute Gasteiger partial charge is 0.143 e. The maximum atomic E-state index is 9.10. The Kier molecular flexibility index (Phi) is 3.61. The molecule has 2 rings (SSSR count). The van der Waals surface area contributed by atoms with Gasteiger partial charge in [-0.1, -0.05) is 12.1 Å². The van der Waals surface area contributed by atoms with Crippen molar-refractivity contribution in [1.82, 2.24) is 4.98 Å². The molecule has 0 aliphatic rings. The van der Waals surface area contributed by atoms with Crippen molar-refractivity contribution in [1.29, 1.82) is 10.5 Å². The van der Waals surface area contributed by atoms with Gasteiger partial charge in [0.1, 0.15) is 35.1 Å². The molecule has 0 fully saturated rings. The molecule has 1 aromatic heterocycles. The molecule has 5 nitrogen and oxygen atoms in total. The van der Waals surface area contributed by atoms with Crippen LogP contribution in [0.15, 0.2) is 36.4 Å². The Bertz CT molecular complexity index is 683. The average Bonchev–Trinajstić information content (AvgIpc) is 2.47. The minimum absolute atomic E-state index is 0.304. The van der Waals surface area contributed by atoms with Crippen LogP contribution in [0.1, 0.15) is 11.3 Å². The van der Waals surface area contributed by atoms with Gasteiger partial charge in [0, 0.05) is 0 Å². The molecule has 1 N–H and O–H groups in total. The molecule has 0 aliphatic carbocycles. The second-order valence-corrected chi connectivity index (χ2v) is 3.64. The van der Waals surface area contributed by atoms with Gasteiger partial charge >= 0.3 is 0 Å². The fraction of sp³-hybridized carbons (Fsp3) is 0.0714. The van der Waals surface area contributed by atoms with E-state index in [2.05, 4.69) is 16.4 Å². The van der Waals surface area contributed by atoms with E-state index < -0.39 is 0 Å². The third kappa shape index (κ3) is 2.62. The lowest BCUT2D eigenvalue weighted by molar-refractivity contribution is 0.416. The van der Waals surface area contributed by atoms with Crippen LogP contribution < -0.4 is 10.1 Å². The summed E-state index contributed by atoms with van der Waals surface area (Å²) in [4.78, 5) is 4.10. The number of pyridine rings is 1. The zero-order valence-corrected chi connectivity index (χ0v) is 10.2. The van der Waals surface area contributed by atoms with Crippen LogP contribution in [-0.2, 0) is 0 Å². The molecule has 0 saturated carbocycles. The second kappa shape index (κ2) is 5.52. The molecule has 1 heterocycles. The van der Waals surface area contributed by atoms with Crippen LogP contribution in [-0.4, -0.2) is 12.1 Å². The van der Waals surface area contributed by atoms with Gasteiger partial charge in [0.2, 0.25) is 0 Å². The quantitative estimate of drug-likeness (QED) is 0.905. The molecule has 0 aliphatic heterocycles. The van der Waals surface area contributed by atoms with E-state index in [1.807, 2.05) is 6.07 Å².